The normalized spacial score (nSPS) is 34.2. The molecule has 2 saturated heterocycles. The molecule has 1 saturated carbocycles. The number of aliphatic hydroxyl groups excluding tert-OH is 1. The molecule has 19 heteroatoms. The first-order chi connectivity index (χ1) is 32.7. The molecular formula is C49H66N6O11S2. The summed E-state index contributed by atoms with van der Waals surface area (Å²) in [5.74, 6) is -0.579. The minimum absolute atomic E-state index is 0.00484. The number of H-pyrrole nitrogens is 1. The van der Waals surface area contributed by atoms with Crippen molar-refractivity contribution in [2.24, 2.45) is 11.3 Å². The summed E-state index contributed by atoms with van der Waals surface area (Å²) < 4.78 is 18.3. The van der Waals surface area contributed by atoms with Crippen LogP contribution in [0.2, 0.25) is 0 Å². The summed E-state index contributed by atoms with van der Waals surface area (Å²) in [7, 11) is 6.19. The molecule has 68 heavy (non-hydrogen) atoms. The lowest BCUT2D eigenvalue weighted by Gasteiger charge is -2.65. The molecule has 1 spiro atoms. The molecule has 1 aromatic heterocycles. The SMILES string of the molecule is CC[C@]1(O)CC2CN(CCc3c([nH]c4ccccc34)[C@@](COC=O)(c3cc4c(cc3OC)N(C)[C@@H]3[C@]45CCN4CC=C[C@@](CC)([C@@H](O)[C@]3(O)[C@H](NNO)C(=O)OCCSSCCC(=O)O)[C@H]45)C2)C1. The van der Waals surface area contributed by atoms with E-state index in [-0.39, 0.29) is 31.6 Å². The van der Waals surface area contributed by atoms with Crippen molar-refractivity contribution in [2.45, 2.75) is 105 Å². The number of esters is 1. The van der Waals surface area contributed by atoms with Crippen LogP contribution in [-0.2, 0) is 41.1 Å². The van der Waals surface area contributed by atoms with E-state index in [2.05, 4.69) is 38.4 Å². The molecule has 2 unspecified atom stereocenters. The lowest BCUT2D eigenvalue weighted by molar-refractivity contribution is -0.221. The molecule has 3 aromatic rings. The number of ether oxygens (including phenoxy) is 3. The van der Waals surface area contributed by atoms with Crippen LogP contribution in [0, 0.1) is 11.3 Å². The molecule has 1 aliphatic carbocycles. The van der Waals surface area contributed by atoms with Crippen LogP contribution in [0.4, 0.5) is 5.69 Å². The number of para-hydroxylation sites is 1. The number of piperidine rings is 1. The average molecular weight is 979 g/mol. The number of hydrogen-bond acceptors (Lipinski definition) is 17. The molecule has 2 bridgehead atoms. The van der Waals surface area contributed by atoms with E-state index >= 15 is 0 Å². The highest BCUT2D eigenvalue weighted by Crippen LogP contribution is 2.68. The highest BCUT2D eigenvalue weighted by atomic mass is 33.1. The number of aromatic amines is 1. The third-order valence-electron chi connectivity index (χ3n) is 16.7. The van der Waals surface area contributed by atoms with Crippen LogP contribution < -0.4 is 20.7 Å². The molecule has 11 atom stereocenters. The third-order valence-corrected chi connectivity index (χ3v) is 19.1. The number of aliphatic carboxylic acids is 1. The minimum Gasteiger partial charge on any atom is -0.496 e. The van der Waals surface area contributed by atoms with Gasteiger partial charge in [-0.1, -0.05) is 65.8 Å². The topological polar surface area (TPSA) is 230 Å². The lowest BCUT2D eigenvalue weighted by Crippen LogP contribution is -2.84. The van der Waals surface area contributed by atoms with Gasteiger partial charge in [0, 0.05) is 95.5 Å². The zero-order valence-electron chi connectivity index (χ0n) is 39.2. The van der Waals surface area contributed by atoms with E-state index < -0.39 is 57.6 Å². The number of methoxy groups -OCH3 is 1. The second kappa shape index (κ2) is 19.0. The Morgan fingerprint density at radius 1 is 1.06 bits per heavy atom. The van der Waals surface area contributed by atoms with Gasteiger partial charge in [-0.2, -0.15) is 0 Å². The van der Waals surface area contributed by atoms with Crippen molar-refractivity contribution in [1.29, 1.82) is 0 Å². The van der Waals surface area contributed by atoms with Gasteiger partial charge in [-0.25, -0.2) is 5.43 Å². The number of nitrogens with one attached hydrogen (secondary N) is 3. The number of nitrogens with zero attached hydrogens (tertiary/aromatic N) is 3. The van der Waals surface area contributed by atoms with Crippen LogP contribution in [0.25, 0.3) is 10.9 Å². The summed E-state index contributed by atoms with van der Waals surface area (Å²) in [6.07, 6.45) is 5.73. The Bertz CT molecular complexity index is 2430. The lowest BCUT2D eigenvalue weighted by atomic mass is 9.46. The molecule has 0 radical (unpaired) electrons. The monoisotopic (exact) mass is 978 g/mol. The van der Waals surface area contributed by atoms with Crippen LogP contribution in [0.5, 0.6) is 5.75 Å². The highest BCUT2D eigenvalue weighted by molar-refractivity contribution is 8.76. The van der Waals surface area contributed by atoms with Crippen molar-refractivity contribution in [3.05, 3.63) is 70.9 Å². The van der Waals surface area contributed by atoms with Crippen molar-refractivity contribution in [3.8, 4) is 5.75 Å². The molecule has 17 nitrogen and oxygen atoms in total. The Morgan fingerprint density at radius 3 is 2.59 bits per heavy atom. The zero-order chi connectivity index (χ0) is 48.2. The predicted molar refractivity (Wildman–Crippen MR) is 259 cm³/mol. The number of carbonyl (C=O) groups is 3. The molecule has 8 N–H and O–H groups in total. The number of fused-ring (bicyclic) bond motifs is 6. The van der Waals surface area contributed by atoms with E-state index in [9.17, 15) is 34.9 Å². The van der Waals surface area contributed by atoms with Crippen LogP contribution in [0.15, 0.2) is 48.6 Å². The summed E-state index contributed by atoms with van der Waals surface area (Å²) in [6.45, 7) is 7.68. The standard InChI is InChI=1S/C49H66N6O11S2/c1-5-45(61)24-30-25-47(28-65-29-56,39-32(12-17-54(26-30)27-45)31-10-7-8-11-35(31)50-39)34-22-33-36(23-37(34)64-4)53(3)43-48(33)15-18-55-16-9-14-46(6-2,42(48)55)44(60)49(43,62)40(51-52-63)41(59)66-19-21-68-67-20-13-38(57)58/h7-11,14,22-23,29-30,40,42-44,50-52,60-63H,5-6,12-13,15-21,24-28H2,1-4H3,(H,57,58)/t30?,40-,42+,43-,44-,45+,46-,47+,48-,49+/m1/s1. The number of anilines is 1. The third kappa shape index (κ3) is 7.65. The van der Waals surface area contributed by atoms with Crippen LogP contribution in [0.3, 0.4) is 0 Å². The summed E-state index contributed by atoms with van der Waals surface area (Å²) in [5.41, 5.74) is 3.60. The van der Waals surface area contributed by atoms with Crippen LogP contribution in [0.1, 0.15) is 74.8 Å². The second-order valence-corrected chi connectivity index (χ2v) is 22.6. The number of hydrazine groups is 1. The van der Waals surface area contributed by atoms with Gasteiger partial charge in [0.25, 0.3) is 6.47 Å². The molecule has 370 valence electrons. The fourth-order valence-corrected chi connectivity index (χ4v) is 16.0. The van der Waals surface area contributed by atoms with Gasteiger partial charge in [-0.3, -0.25) is 24.2 Å². The maximum absolute atomic E-state index is 14.5. The van der Waals surface area contributed by atoms with Crippen molar-refractivity contribution >= 4 is 56.6 Å². The van der Waals surface area contributed by atoms with E-state index in [0.29, 0.717) is 81.9 Å². The second-order valence-electron chi connectivity index (χ2n) is 19.9. The number of hydrogen-bond donors (Lipinski definition) is 8. The first-order valence-electron chi connectivity index (χ1n) is 23.9. The minimum atomic E-state index is -2.32. The maximum Gasteiger partial charge on any atom is 0.327 e. The van der Waals surface area contributed by atoms with Gasteiger partial charge >= 0.3 is 11.9 Å². The molecule has 0 amide bonds. The molecule has 3 fully saturated rings. The van der Waals surface area contributed by atoms with Crippen molar-refractivity contribution in [3.63, 3.8) is 0 Å². The number of likely N-dealkylation sites (N-methyl/N-ethyl adjacent to an activating group) is 1. The smallest absolute Gasteiger partial charge is 0.327 e. The Morgan fingerprint density at radius 2 is 1.85 bits per heavy atom. The number of carboxylic acids is 1. The Kier molecular flexibility index (Phi) is 13.7. The molecular weight excluding hydrogens is 913 g/mol. The van der Waals surface area contributed by atoms with Gasteiger partial charge in [-0.15, -0.1) is 5.59 Å². The highest BCUT2D eigenvalue weighted by Gasteiger charge is 2.79. The zero-order valence-corrected chi connectivity index (χ0v) is 40.9. The van der Waals surface area contributed by atoms with E-state index in [0.717, 1.165) is 52.1 Å². The summed E-state index contributed by atoms with van der Waals surface area (Å²) in [4.78, 5) is 48.6. The van der Waals surface area contributed by atoms with E-state index in [1.807, 2.05) is 61.7 Å². The summed E-state index contributed by atoms with van der Waals surface area (Å²) in [5, 5.41) is 59.4. The Labute approximate surface area is 404 Å². The fourth-order valence-electron chi connectivity index (χ4n) is 14.1. The number of aliphatic hydroxyl groups is 3. The average Bonchev–Trinajstić information content (AvgIpc) is 4.00. The molecule has 6 aliphatic rings. The van der Waals surface area contributed by atoms with Crippen LogP contribution >= 0.6 is 21.6 Å². The fraction of sp³-hybridized carbons (Fsp3) is 0.612. The van der Waals surface area contributed by atoms with Crippen molar-refractivity contribution in [2.75, 3.05) is 76.5 Å². The van der Waals surface area contributed by atoms with Gasteiger partial charge in [0.05, 0.1) is 36.7 Å². The number of carbonyl (C=O) groups excluding carboxylic acids is 2. The maximum atomic E-state index is 14.5. The first kappa shape index (κ1) is 49.1. The summed E-state index contributed by atoms with van der Waals surface area (Å²) >= 11 is 0. The Hall–Kier alpha value is -3.89. The molecule has 9 rings (SSSR count). The first-order valence-corrected chi connectivity index (χ1v) is 26.4. The number of benzene rings is 2. The van der Waals surface area contributed by atoms with Gasteiger partial charge in [0.15, 0.2) is 6.04 Å². The number of aromatic nitrogens is 1. The molecule has 2 aromatic carbocycles. The predicted octanol–water partition coefficient (Wildman–Crippen LogP) is 3.50. The van der Waals surface area contributed by atoms with Crippen LogP contribution in [-0.4, -0.2) is 166 Å². The van der Waals surface area contributed by atoms with Gasteiger partial charge in [-0.05, 0) is 74.2 Å². The van der Waals surface area contributed by atoms with Crippen molar-refractivity contribution in [1.82, 2.24) is 25.8 Å². The van der Waals surface area contributed by atoms with Crippen molar-refractivity contribution < 1.29 is 54.2 Å². The largest absolute Gasteiger partial charge is 0.496 e. The van der Waals surface area contributed by atoms with E-state index in [1.165, 1.54) is 21.6 Å². The molecule has 6 heterocycles. The van der Waals surface area contributed by atoms with Gasteiger partial charge in [0.2, 0.25) is 0 Å². The van der Waals surface area contributed by atoms with Gasteiger partial charge < -0.3 is 49.7 Å². The number of rotatable bonds is 18. The van der Waals surface area contributed by atoms with E-state index in [4.69, 9.17) is 19.3 Å². The van der Waals surface area contributed by atoms with Gasteiger partial charge in [0.1, 0.15) is 24.6 Å². The summed E-state index contributed by atoms with van der Waals surface area (Å²) in [6, 6.07) is 9.36. The Balaban J connectivity index is 1.24. The van der Waals surface area contributed by atoms with E-state index in [1.54, 1.807) is 7.11 Å². The quantitative estimate of drug-likeness (QED) is 0.0228. The molecule has 5 aliphatic heterocycles. The number of carboxylic acid groups (broad SMARTS) is 1.